The van der Waals surface area contributed by atoms with Crippen molar-refractivity contribution in [2.24, 2.45) is 5.92 Å². The fourth-order valence-electron chi connectivity index (χ4n) is 3.82. The minimum Gasteiger partial charge on any atom is -0.474 e. The van der Waals surface area contributed by atoms with Crippen LogP contribution in [0.5, 0.6) is 5.88 Å². The van der Waals surface area contributed by atoms with Gasteiger partial charge >= 0.3 is 0 Å². The summed E-state index contributed by atoms with van der Waals surface area (Å²) >= 11 is 1.74. The van der Waals surface area contributed by atoms with Crippen molar-refractivity contribution in [2.75, 3.05) is 6.61 Å². The molecule has 1 atom stereocenters. The van der Waals surface area contributed by atoms with E-state index in [1.807, 2.05) is 0 Å². The second-order valence-electron chi connectivity index (χ2n) is 6.72. The number of aryl methyl sites for hydroxylation is 1. The Morgan fingerprint density at radius 1 is 1.23 bits per heavy atom. The van der Waals surface area contributed by atoms with Gasteiger partial charge in [0.2, 0.25) is 5.88 Å². The molecule has 2 aliphatic carbocycles. The minimum absolute atomic E-state index is 0.202. The van der Waals surface area contributed by atoms with Gasteiger partial charge in [-0.25, -0.2) is 9.97 Å². The molecular formula is C17H22N2O2S. The fraction of sp³-hybridized carbons (Fsp3) is 0.647. The molecule has 0 aromatic carbocycles. The summed E-state index contributed by atoms with van der Waals surface area (Å²) in [4.78, 5) is 11.2. The van der Waals surface area contributed by atoms with Gasteiger partial charge in [-0.2, -0.15) is 0 Å². The van der Waals surface area contributed by atoms with Crippen molar-refractivity contribution in [3.05, 3.63) is 16.8 Å². The molecule has 5 heteroatoms. The third-order valence-corrected chi connectivity index (χ3v) is 6.33. The lowest BCUT2D eigenvalue weighted by Crippen LogP contribution is -2.23. The molecule has 0 bridgehead atoms. The molecule has 2 aromatic heterocycles. The van der Waals surface area contributed by atoms with Crippen LogP contribution in [0.1, 0.15) is 55.4 Å². The van der Waals surface area contributed by atoms with Crippen molar-refractivity contribution >= 4 is 21.6 Å². The summed E-state index contributed by atoms with van der Waals surface area (Å²) in [6.45, 7) is 2.52. The van der Waals surface area contributed by atoms with E-state index < -0.39 is 0 Å². The molecule has 2 aliphatic rings. The Bertz CT molecular complexity index is 677. The number of hydrogen-bond acceptors (Lipinski definition) is 5. The van der Waals surface area contributed by atoms with E-state index in [2.05, 4.69) is 16.9 Å². The Morgan fingerprint density at radius 3 is 2.82 bits per heavy atom. The first kappa shape index (κ1) is 14.4. The second kappa shape index (κ2) is 5.78. The third-order valence-electron chi connectivity index (χ3n) is 5.16. The van der Waals surface area contributed by atoms with E-state index in [4.69, 9.17) is 4.74 Å². The van der Waals surface area contributed by atoms with Crippen LogP contribution in [0.15, 0.2) is 6.33 Å². The number of aliphatic hydroxyl groups is 1. The number of hydrogen-bond donors (Lipinski definition) is 1. The van der Waals surface area contributed by atoms with E-state index in [0.717, 1.165) is 47.7 Å². The average Bonchev–Trinajstić information content (AvgIpc) is 3.08. The Hall–Kier alpha value is -1.20. The van der Waals surface area contributed by atoms with Crippen LogP contribution in [0.3, 0.4) is 0 Å². The SMILES string of the molecule is CC1CCC(Oc2ncnc3sc4c(c23)C(CO)CC4)CC1. The van der Waals surface area contributed by atoms with Gasteiger partial charge in [-0.05, 0) is 50.0 Å². The number of ether oxygens (including phenoxy) is 1. The Balaban J connectivity index is 1.69. The molecule has 0 radical (unpaired) electrons. The monoisotopic (exact) mass is 318 g/mol. The molecule has 118 valence electrons. The van der Waals surface area contributed by atoms with Crippen LogP contribution in [0.25, 0.3) is 10.2 Å². The van der Waals surface area contributed by atoms with E-state index in [-0.39, 0.29) is 18.6 Å². The highest BCUT2D eigenvalue weighted by Crippen LogP contribution is 2.46. The maximum atomic E-state index is 9.66. The molecule has 2 aromatic rings. The molecule has 4 rings (SSSR count). The predicted octanol–water partition coefficient (Wildman–Crippen LogP) is 3.67. The van der Waals surface area contributed by atoms with E-state index in [9.17, 15) is 5.11 Å². The quantitative estimate of drug-likeness (QED) is 0.938. The standard InChI is InChI=1S/C17H22N2O2S/c1-10-2-5-12(6-3-10)21-16-15-14-11(8-20)4-7-13(14)22-17(15)19-9-18-16/h9-12,20H,2-8H2,1H3. The second-order valence-corrected chi connectivity index (χ2v) is 7.80. The molecule has 0 aliphatic heterocycles. The Morgan fingerprint density at radius 2 is 2.05 bits per heavy atom. The summed E-state index contributed by atoms with van der Waals surface area (Å²) < 4.78 is 6.27. The number of aliphatic hydroxyl groups excluding tert-OH is 1. The van der Waals surface area contributed by atoms with E-state index in [1.54, 1.807) is 17.7 Å². The predicted molar refractivity (Wildman–Crippen MR) is 87.6 cm³/mol. The number of fused-ring (bicyclic) bond motifs is 3. The van der Waals surface area contributed by atoms with Crippen LogP contribution in [-0.4, -0.2) is 27.8 Å². The van der Waals surface area contributed by atoms with Crippen LogP contribution >= 0.6 is 11.3 Å². The van der Waals surface area contributed by atoms with Crippen molar-refractivity contribution in [3.8, 4) is 5.88 Å². The summed E-state index contributed by atoms with van der Waals surface area (Å²) in [6, 6.07) is 0. The number of thiophene rings is 1. The zero-order valence-electron chi connectivity index (χ0n) is 12.9. The van der Waals surface area contributed by atoms with Gasteiger partial charge in [0, 0.05) is 10.8 Å². The molecule has 1 N–H and O–H groups in total. The summed E-state index contributed by atoms with van der Waals surface area (Å²) in [5.41, 5.74) is 1.25. The van der Waals surface area contributed by atoms with Crippen LogP contribution in [0.4, 0.5) is 0 Å². The van der Waals surface area contributed by atoms with E-state index >= 15 is 0 Å². The van der Waals surface area contributed by atoms with Crippen molar-refractivity contribution < 1.29 is 9.84 Å². The summed E-state index contributed by atoms with van der Waals surface area (Å²) in [5, 5.41) is 10.7. The Kier molecular flexibility index (Phi) is 3.78. The van der Waals surface area contributed by atoms with Gasteiger partial charge in [-0.1, -0.05) is 6.92 Å². The van der Waals surface area contributed by atoms with Crippen LogP contribution in [0.2, 0.25) is 0 Å². The third kappa shape index (κ3) is 2.40. The highest BCUT2D eigenvalue weighted by atomic mass is 32.1. The Labute approximate surface area is 134 Å². The molecule has 0 spiro atoms. The number of rotatable bonds is 3. The van der Waals surface area contributed by atoms with Gasteiger partial charge in [-0.3, -0.25) is 0 Å². The average molecular weight is 318 g/mol. The van der Waals surface area contributed by atoms with Gasteiger partial charge in [0.25, 0.3) is 0 Å². The first-order valence-electron chi connectivity index (χ1n) is 8.30. The normalized spacial score (nSPS) is 28.0. The summed E-state index contributed by atoms with van der Waals surface area (Å²) in [5.74, 6) is 1.78. The lowest BCUT2D eigenvalue weighted by Gasteiger charge is -2.26. The van der Waals surface area contributed by atoms with E-state index in [1.165, 1.54) is 23.3 Å². The highest BCUT2D eigenvalue weighted by Gasteiger charge is 2.30. The van der Waals surface area contributed by atoms with Crippen molar-refractivity contribution in [2.45, 2.75) is 57.5 Å². The minimum atomic E-state index is 0.202. The molecule has 1 fully saturated rings. The molecule has 2 heterocycles. The lowest BCUT2D eigenvalue weighted by atomic mass is 9.89. The van der Waals surface area contributed by atoms with Crippen molar-refractivity contribution in [1.29, 1.82) is 0 Å². The number of aromatic nitrogens is 2. The lowest BCUT2D eigenvalue weighted by molar-refractivity contribution is 0.132. The molecule has 1 unspecified atom stereocenters. The summed E-state index contributed by atoms with van der Waals surface area (Å²) in [6.07, 6.45) is 8.66. The first-order chi connectivity index (χ1) is 10.8. The molecule has 0 saturated heterocycles. The van der Waals surface area contributed by atoms with E-state index in [0.29, 0.717) is 0 Å². The van der Waals surface area contributed by atoms with Crippen LogP contribution in [-0.2, 0) is 6.42 Å². The molecule has 4 nitrogen and oxygen atoms in total. The van der Waals surface area contributed by atoms with Gasteiger partial charge in [0.15, 0.2) is 0 Å². The molecular weight excluding hydrogens is 296 g/mol. The molecule has 1 saturated carbocycles. The highest BCUT2D eigenvalue weighted by molar-refractivity contribution is 7.19. The maximum absolute atomic E-state index is 9.66. The largest absolute Gasteiger partial charge is 0.474 e. The van der Waals surface area contributed by atoms with Crippen molar-refractivity contribution in [3.63, 3.8) is 0 Å². The van der Waals surface area contributed by atoms with Gasteiger partial charge in [0.1, 0.15) is 17.3 Å². The van der Waals surface area contributed by atoms with Gasteiger partial charge in [0.05, 0.1) is 12.0 Å². The number of nitrogens with zero attached hydrogens (tertiary/aromatic N) is 2. The fourth-order valence-corrected chi connectivity index (χ4v) is 5.05. The molecule has 0 amide bonds. The smallest absolute Gasteiger partial charge is 0.225 e. The zero-order chi connectivity index (χ0) is 15.1. The van der Waals surface area contributed by atoms with Gasteiger partial charge < -0.3 is 9.84 Å². The van der Waals surface area contributed by atoms with Crippen LogP contribution in [0, 0.1) is 5.92 Å². The maximum Gasteiger partial charge on any atom is 0.225 e. The topological polar surface area (TPSA) is 55.2 Å². The van der Waals surface area contributed by atoms with Gasteiger partial charge in [-0.15, -0.1) is 11.3 Å². The zero-order valence-corrected chi connectivity index (χ0v) is 13.7. The molecule has 22 heavy (non-hydrogen) atoms. The van der Waals surface area contributed by atoms with Crippen molar-refractivity contribution in [1.82, 2.24) is 9.97 Å². The summed E-state index contributed by atoms with van der Waals surface area (Å²) in [7, 11) is 0. The first-order valence-corrected chi connectivity index (χ1v) is 9.11. The van der Waals surface area contributed by atoms with Crippen LogP contribution < -0.4 is 4.74 Å².